The van der Waals surface area contributed by atoms with Gasteiger partial charge in [-0.25, -0.2) is 25.6 Å². The maximum Gasteiger partial charge on any atom is 0.246 e. The topological polar surface area (TPSA) is 80.8 Å². The lowest BCUT2D eigenvalue weighted by Gasteiger charge is -2.37. The Balaban J connectivity index is 1.78. The molecule has 0 bridgehead atoms. The van der Waals surface area contributed by atoms with Gasteiger partial charge >= 0.3 is 0 Å². The van der Waals surface area contributed by atoms with Crippen molar-refractivity contribution in [2.45, 2.75) is 15.0 Å². The molecule has 10 heteroatoms. The SMILES string of the molecule is COc1ccc(S(=O)(=O)C2CN(S(=O)(=O)c3ccc(F)cc3F)C2)cc1. The van der Waals surface area contributed by atoms with Crippen LogP contribution in [-0.2, 0) is 19.9 Å². The van der Waals surface area contributed by atoms with E-state index in [0.717, 1.165) is 16.4 Å². The molecule has 0 amide bonds. The van der Waals surface area contributed by atoms with Crippen LogP contribution >= 0.6 is 0 Å². The van der Waals surface area contributed by atoms with E-state index in [1.807, 2.05) is 0 Å². The summed E-state index contributed by atoms with van der Waals surface area (Å²) in [6, 6.07) is 7.88. The van der Waals surface area contributed by atoms with Gasteiger partial charge in [-0.3, -0.25) is 0 Å². The molecule has 0 spiro atoms. The van der Waals surface area contributed by atoms with Crippen LogP contribution in [0.25, 0.3) is 0 Å². The number of sulfonamides is 1. The van der Waals surface area contributed by atoms with E-state index in [1.165, 1.54) is 31.4 Å². The summed E-state index contributed by atoms with van der Waals surface area (Å²) in [5.41, 5.74) is 0. The molecule has 0 unspecified atom stereocenters. The summed E-state index contributed by atoms with van der Waals surface area (Å²) in [5.74, 6) is -1.62. The molecule has 1 aliphatic heterocycles. The zero-order valence-corrected chi connectivity index (χ0v) is 15.2. The van der Waals surface area contributed by atoms with Crippen molar-refractivity contribution in [3.8, 4) is 5.75 Å². The Bertz CT molecular complexity index is 1030. The number of halogens is 2. The molecule has 2 aromatic carbocycles. The second kappa shape index (κ2) is 6.60. The highest BCUT2D eigenvalue weighted by Crippen LogP contribution is 2.30. The smallest absolute Gasteiger partial charge is 0.246 e. The van der Waals surface area contributed by atoms with E-state index >= 15 is 0 Å². The van der Waals surface area contributed by atoms with E-state index in [2.05, 4.69) is 0 Å². The zero-order valence-electron chi connectivity index (χ0n) is 13.6. The number of hydrogen-bond acceptors (Lipinski definition) is 5. The molecule has 1 saturated heterocycles. The van der Waals surface area contributed by atoms with Crippen LogP contribution in [0.2, 0.25) is 0 Å². The van der Waals surface area contributed by atoms with Crippen molar-refractivity contribution in [2.75, 3.05) is 20.2 Å². The van der Waals surface area contributed by atoms with Crippen LogP contribution in [-0.4, -0.2) is 46.6 Å². The number of sulfone groups is 1. The zero-order chi connectivity index (χ0) is 19.1. The highest BCUT2D eigenvalue weighted by atomic mass is 32.2. The van der Waals surface area contributed by atoms with Gasteiger partial charge in [-0.15, -0.1) is 0 Å². The molecule has 0 aliphatic carbocycles. The first-order valence-electron chi connectivity index (χ1n) is 7.49. The third-order valence-electron chi connectivity index (χ3n) is 4.15. The number of ether oxygens (including phenoxy) is 1. The van der Waals surface area contributed by atoms with Crippen molar-refractivity contribution in [3.63, 3.8) is 0 Å². The Morgan fingerprint density at radius 3 is 2.15 bits per heavy atom. The fourth-order valence-corrected chi connectivity index (χ4v) is 5.99. The molecular weight excluding hydrogens is 388 g/mol. The van der Waals surface area contributed by atoms with Crippen LogP contribution in [0.1, 0.15) is 0 Å². The van der Waals surface area contributed by atoms with E-state index < -0.39 is 41.6 Å². The van der Waals surface area contributed by atoms with Crippen LogP contribution in [0.3, 0.4) is 0 Å². The maximum absolute atomic E-state index is 13.8. The fraction of sp³-hybridized carbons (Fsp3) is 0.250. The maximum atomic E-state index is 13.8. The molecule has 1 aliphatic rings. The van der Waals surface area contributed by atoms with Crippen molar-refractivity contribution >= 4 is 19.9 Å². The van der Waals surface area contributed by atoms with E-state index in [0.29, 0.717) is 11.8 Å². The van der Waals surface area contributed by atoms with Gasteiger partial charge in [0.15, 0.2) is 9.84 Å². The first kappa shape index (κ1) is 18.7. The van der Waals surface area contributed by atoms with Crippen molar-refractivity contribution < 1.29 is 30.4 Å². The van der Waals surface area contributed by atoms with Crippen LogP contribution < -0.4 is 4.74 Å². The van der Waals surface area contributed by atoms with Gasteiger partial charge in [0.05, 0.1) is 17.3 Å². The monoisotopic (exact) mass is 403 g/mol. The normalized spacial score (nSPS) is 16.3. The second-order valence-electron chi connectivity index (χ2n) is 5.74. The summed E-state index contributed by atoms with van der Waals surface area (Å²) in [5, 5.41) is -0.936. The molecule has 3 rings (SSSR count). The predicted molar refractivity (Wildman–Crippen MR) is 89.1 cm³/mol. The Kier molecular flexibility index (Phi) is 4.76. The van der Waals surface area contributed by atoms with Gasteiger partial charge < -0.3 is 4.74 Å². The molecule has 26 heavy (non-hydrogen) atoms. The van der Waals surface area contributed by atoms with Crippen LogP contribution in [0.5, 0.6) is 5.75 Å². The standard InChI is InChI=1S/C16H15F2NO5S2/c1-24-12-3-5-13(6-4-12)25(20,21)14-9-19(10-14)26(22,23)16-7-2-11(17)8-15(16)18/h2-8,14H,9-10H2,1H3. The average molecular weight is 403 g/mol. The first-order valence-corrected chi connectivity index (χ1v) is 10.5. The number of benzene rings is 2. The lowest BCUT2D eigenvalue weighted by molar-refractivity contribution is 0.308. The third-order valence-corrected chi connectivity index (χ3v) is 8.12. The van der Waals surface area contributed by atoms with Gasteiger partial charge in [0.1, 0.15) is 22.3 Å². The van der Waals surface area contributed by atoms with Crippen molar-refractivity contribution in [1.82, 2.24) is 4.31 Å². The van der Waals surface area contributed by atoms with Crippen LogP contribution in [0.15, 0.2) is 52.3 Å². The van der Waals surface area contributed by atoms with Gasteiger partial charge in [-0.2, -0.15) is 4.31 Å². The van der Waals surface area contributed by atoms with E-state index in [1.54, 1.807) is 0 Å². The molecule has 0 aromatic heterocycles. The minimum Gasteiger partial charge on any atom is -0.497 e. The second-order valence-corrected chi connectivity index (χ2v) is 9.87. The quantitative estimate of drug-likeness (QED) is 0.761. The van der Waals surface area contributed by atoms with Gasteiger partial charge in [0.2, 0.25) is 10.0 Å². The van der Waals surface area contributed by atoms with Crippen molar-refractivity contribution in [1.29, 1.82) is 0 Å². The number of rotatable bonds is 5. The molecule has 0 atom stereocenters. The van der Waals surface area contributed by atoms with Gasteiger partial charge in [-0.1, -0.05) is 0 Å². The molecule has 6 nitrogen and oxygen atoms in total. The Morgan fingerprint density at radius 1 is 1.00 bits per heavy atom. The van der Waals surface area contributed by atoms with Gasteiger partial charge in [0, 0.05) is 19.2 Å². The molecular formula is C16H15F2NO5S2. The predicted octanol–water partition coefficient (Wildman–Crippen LogP) is 1.82. The molecule has 0 N–H and O–H groups in total. The van der Waals surface area contributed by atoms with Gasteiger partial charge in [0.25, 0.3) is 0 Å². The minimum atomic E-state index is -4.23. The Labute approximate surface area is 150 Å². The van der Waals surface area contributed by atoms with Crippen molar-refractivity contribution in [2.24, 2.45) is 0 Å². The van der Waals surface area contributed by atoms with Gasteiger partial charge in [-0.05, 0) is 36.4 Å². The molecule has 1 heterocycles. The van der Waals surface area contributed by atoms with Crippen LogP contribution in [0.4, 0.5) is 8.78 Å². The number of nitrogens with zero attached hydrogens (tertiary/aromatic N) is 1. The summed E-state index contributed by atoms with van der Waals surface area (Å²) >= 11 is 0. The number of methoxy groups -OCH3 is 1. The minimum absolute atomic E-state index is 0.0494. The molecule has 0 radical (unpaired) electrons. The fourth-order valence-electron chi connectivity index (χ4n) is 2.57. The summed E-state index contributed by atoms with van der Waals surface area (Å²) in [6.07, 6.45) is 0. The van der Waals surface area contributed by atoms with Crippen molar-refractivity contribution in [3.05, 3.63) is 54.1 Å². The van der Waals surface area contributed by atoms with E-state index in [-0.39, 0.29) is 18.0 Å². The average Bonchev–Trinajstić information content (AvgIpc) is 2.52. The first-order chi connectivity index (χ1) is 12.2. The summed E-state index contributed by atoms with van der Waals surface area (Å²) in [7, 11) is -6.51. The van der Waals surface area contributed by atoms with E-state index in [9.17, 15) is 25.6 Å². The third kappa shape index (κ3) is 3.19. The Hall–Kier alpha value is -2.04. The summed E-state index contributed by atoms with van der Waals surface area (Å²) in [6.45, 7) is -0.596. The highest BCUT2D eigenvalue weighted by Gasteiger charge is 2.44. The lowest BCUT2D eigenvalue weighted by atomic mass is 10.3. The molecule has 2 aromatic rings. The largest absolute Gasteiger partial charge is 0.497 e. The lowest BCUT2D eigenvalue weighted by Crippen LogP contribution is -2.56. The highest BCUT2D eigenvalue weighted by molar-refractivity contribution is 7.92. The summed E-state index contributed by atoms with van der Waals surface area (Å²) < 4.78 is 82.4. The van der Waals surface area contributed by atoms with E-state index in [4.69, 9.17) is 4.74 Å². The summed E-state index contributed by atoms with van der Waals surface area (Å²) in [4.78, 5) is -0.632. The molecule has 1 fully saturated rings. The van der Waals surface area contributed by atoms with Crippen LogP contribution in [0, 0.1) is 11.6 Å². The molecule has 140 valence electrons. The number of hydrogen-bond donors (Lipinski definition) is 0. The Morgan fingerprint density at radius 2 is 1.62 bits per heavy atom. The molecule has 0 saturated carbocycles.